The van der Waals surface area contributed by atoms with E-state index < -0.39 is 0 Å². The Morgan fingerprint density at radius 2 is 2.38 bits per heavy atom. The second kappa shape index (κ2) is 3.77. The van der Waals surface area contributed by atoms with E-state index in [2.05, 4.69) is 11.9 Å². The highest BCUT2D eigenvalue weighted by Crippen LogP contribution is 2.35. The molecule has 3 nitrogen and oxygen atoms in total. The van der Waals surface area contributed by atoms with Crippen molar-refractivity contribution in [3.63, 3.8) is 0 Å². The number of thioether (sulfide) groups is 1. The molecule has 2 heterocycles. The summed E-state index contributed by atoms with van der Waals surface area (Å²) in [5, 5.41) is 0. The largest absolute Gasteiger partial charge is 0.380 e. The van der Waals surface area contributed by atoms with Crippen LogP contribution in [0.3, 0.4) is 0 Å². The van der Waals surface area contributed by atoms with Crippen molar-refractivity contribution < 1.29 is 4.74 Å². The highest BCUT2D eigenvalue weighted by atomic mass is 32.2. The third-order valence-electron chi connectivity index (χ3n) is 3.32. The molecular weight excluding hydrogens is 184 g/mol. The van der Waals surface area contributed by atoms with Gasteiger partial charge in [0.2, 0.25) is 0 Å². The lowest BCUT2D eigenvalue weighted by molar-refractivity contribution is 0.0897. The van der Waals surface area contributed by atoms with Gasteiger partial charge >= 0.3 is 0 Å². The molecule has 0 saturated carbocycles. The zero-order valence-electron chi connectivity index (χ0n) is 8.16. The van der Waals surface area contributed by atoms with Crippen LogP contribution < -0.4 is 5.73 Å². The monoisotopic (exact) mass is 202 g/mol. The van der Waals surface area contributed by atoms with E-state index in [1.54, 1.807) is 0 Å². The van der Waals surface area contributed by atoms with Crippen LogP contribution in [0.15, 0.2) is 0 Å². The van der Waals surface area contributed by atoms with E-state index in [0.29, 0.717) is 6.04 Å². The van der Waals surface area contributed by atoms with Crippen LogP contribution in [0.4, 0.5) is 0 Å². The van der Waals surface area contributed by atoms with Gasteiger partial charge in [0, 0.05) is 30.7 Å². The van der Waals surface area contributed by atoms with E-state index in [-0.39, 0.29) is 5.54 Å². The number of ether oxygens (including phenoxy) is 1. The first-order valence-corrected chi connectivity index (χ1v) is 6.02. The molecule has 13 heavy (non-hydrogen) atoms. The average Bonchev–Trinajstić information content (AvgIpc) is 2.54. The lowest BCUT2D eigenvalue weighted by Crippen LogP contribution is -2.64. The molecule has 0 aromatic heterocycles. The molecular formula is C9H18N2OS. The van der Waals surface area contributed by atoms with Crippen molar-refractivity contribution >= 4 is 11.8 Å². The molecule has 0 aromatic carbocycles. The number of nitrogens with zero attached hydrogens (tertiary/aromatic N) is 1. The summed E-state index contributed by atoms with van der Waals surface area (Å²) in [5.41, 5.74) is 6.12. The van der Waals surface area contributed by atoms with Gasteiger partial charge in [-0.05, 0) is 13.5 Å². The Morgan fingerprint density at radius 1 is 1.62 bits per heavy atom. The fourth-order valence-corrected chi connectivity index (χ4v) is 3.34. The summed E-state index contributed by atoms with van der Waals surface area (Å²) < 4.78 is 5.40. The SMILES string of the molecule is CN(C1CCOC1)C1(CN)CSC1. The van der Waals surface area contributed by atoms with Crippen LogP contribution in [-0.2, 0) is 4.74 Å². The Bertz CT molecular complexity index is 173. The van der Waals surface area contributed by atoms with Crippen molar-refractivity contribution in [1.82, 2.24) is 4.90 Å². The summed E-state index contributed by atoms with van der Waals surface area (Å²) in [5.74, 6) is 2.38. The van der Waals surface area contributed by atoms with Gasteiger partial charge in [0.15, 0.2) is 0 Å². The number of nitrogens with two attached hydrogens (primary N) is 1. The number of likely N-dealkylation sites (N-methyl/N-ethyl adjacent to an activating group) is 1. The lowest BCUT2D eigenvalue weighted by atomic mass is 9.99. The normalized spacial score (nSPS) is 32.1. The second-order valence-corrected chi connectivity index (χ2v) is 5.04. The highest BCUT2D eigenvalue weighted by molar-refractivity contribution is 8.00. The van der Waals surface area contributed by atoms with E-state index in [9.17, 15) is 0 Å². The van der Waals surface area contributed by atoms with Crippen LogP contribution in [-0.4, -0.2) is 54.8 Å². The van der Waals surface area contributed by atoms with Crippen LogP contribution in [0.5, 0.6) is 0 Å². The first kappa shape index (κ1) is 9.77. The maximum atomic E-state index is 5.84. The summed E-state index contributed by atoms with van der Waals surface area (Å²) in [7, 11) is 2.20. The predicted octanol–water partition coefficient (Wildman–Crippen LogP) is 0.151. The Morgan fingerprint density at radius 3 is 2.77 bits per heavy atom. The molecule has 0 radical (unpaired) electrons. The van der Waals surface area contributed by atoms with E-state index in [0.717, 1.165) is 19.8 Å². The van der Waals surface area contributed by atoms with Gasteiger partial charge in [-0.1, -0.05) is 0 Å². The molecule has 2 rings (SSSR count). The lowest BCUT2D eigenvalue weighted by Gasteiger charge is -2.49. The molecule has 0 amide bonds. The standard InChI is InChI=1S/C9H18N2OS/c1-11(8-2-3-12-4-8)9(5-10)6-13-7-9/h8H,2-7,10H2,1H3. The topological polar surface area (TPSA) is 38.5 Å². The van der Waals surface area contributed by atoms with Crippen LogP contribution in [0, 0.1) is 0 Å². The number of rotatable bonds is 3. The van der Waals surface area contributed by atoms with Gasteiger partial charge in [-0.2, -0.15) is 11.8 Å². The van der Waals surface area contributed by atoms with Crippen molar-refractivity contribution in [3.8, 4) is 0 Å². The molecule has 0 spiro atoms. The minimum absolute atomic E-state index is 0.281. The summed E-state index contributed by atoms with van der Waals surface area (Å²) in [4.78, 5) is 2.45. The maximum absolute atomic E-state index is 5.84. The number of hydrogen-bond acceptors (Lipinski definition) is 4. The van der Waals surface area contributed by atoms with Crippen LogP contribution in [0.2, 0.25) is 0 Å². The third-order valence-corrected chi connectivity index (χ3v) is 4.81. The molecule has 0 aromatic rings. The number of hydrogen-bond donors (Lipinski definition) is 1. The van der Waals surface area contributed by atoms with Gasteiger partial charge in [-0.3, -0.25) is 4.90 Å². The summed E-state index contributed by atoms with van der Waals surface area (Å²) in [6, 6.07) is 0.601. The Kier molecular flexibility index (Phi) is 2.83. The zero-order chi connectivity index (χ0) is 9.31. The molecule has 2 aliphatic heterocycles. The average molecular weight is 202 g/mol. The molecule has 2 fully saturated rings. The minimum Gasteiger partial charge on any atom is -0.380 e. The summed E-state index contributed by atoms with van der Waals surface area (Å²) in [6.07, 6.45) is 1.17. The van der Waals surface area contributed by atoms with E-state index in [4.69, 9.17) is 10.5 Å². The molecule has 1 atom stereocenters. The molecule has 2 saturated heterocycles. The Labute approximate surface area is 84.0 Å². The first-order valence-electron chi connectivity index (χ1n) is 4.87. The Balaban J connectivity index is 1.97. The van der Waals surface area contributed by atoms with Crippen molar-refractivity contribution in [2.45, 2.75) is 18.0 Å². The molecule has 76 valence electrons. The van der Waals surface area contributed by atoms with Gasteiger partial charge in [-0.25, -0.2) is 0 Å². The third kappa shape index (κ3) is 1.61. The van der Waals surface area contributed by atoms with Gasteiger partial charge in [-0.15, -0.1) is 0 Å². The van der Waals surface area contributed by atoms with Crippen LogP contribution >= 0.6 is 11.8 Å². The Hall–Kier alpha value is 0.230. The minimum atomic E-state index is 0.281. The smallest absolute Gasteiger partial charge is 0.0622 e. The molecule has 0 aliphatic carbocycles. The van der Waals surface area contributed by atoms with Crippen molar-refractivity contribution in [2.24, 2.45) is 5.73 Å². The quantitative estimate of drug-likeness (QED) is 0.707. The summed E-state index contributed by atoms with van der Waals surface area (Å²) in [6.45, 7) is 2.60. The van der Waals surface area contributed by atoms with E-state index in [1.165, 1.54) is 17.9 Å². The molecule has 2 aliphatic rings. The predicted molar refractivity (Wildman–Crippen MR) is 56.1 cm³/mol. The molecule has 1 unspecified atom stereocenters. The molecule has 0 bridgehead atoms. The maximum Gasteiger partial charge on any atom is 0.0622 e. The van der Waals surface area contributed by atoms with Crippen LogP contribution in [0.1, 0.15) is 6.42 Å². The van der Waals surface area contributed by atoms with Gasteiger partial charge in [0.25, 0.3) is 0 Å². The molecule has 4 heteroatoms. The van der Waals surface area contributed by atoms with Crippen molar-refractivity contribution in [1.29, 1.82) is 0 Å². The van der Waals surface area contributed by atoms with Crippen molar-refractivity contribution in [3.05, 3.63) is 0 Å². The van der Waals surface area contributed by atoms with Gasteiger partial charge in [0.05, 0.1) is 12.1 Å². The fraction of sp³-hybridized carbons (Fsp3) is 1.00. The van der Waals surface area contributed by atoms with Crippen molar-refractivity contribution in [2.75, 3.05) is 38.3 Å². The zero-order valence-corrected chi connectivity index (χ0v) is 8.98. The van der Waals surface area contributed by atoms with E-state index >= 15 is 0 Å². The van der Waals surface area contributed by atoms with Gasteiger partial charge < -0.3 is 10.5 Å². The van der Waals surface area contributed by atoms with E-state index in [1.807, 2.05) is 11.8 Å². The summed E-state index contributed by atoms with van der Waals surface area (Å²) >= 11 is 1.99. The molecule has 2 N–H and O–H groups in total. The second-order valence-electron chi connectivity index (χ2n) is 4.05. The van der Waals surface area contributed by atoms with Crippen LogP contribution in [0.25, 0.3) is 0 Å². The van der Waals surface area contributed by atoms with Gasteiger partial charge in [0.1, 0.15) is 0 Å². The first-order chi connectivity index (χ1) is 6.28. The highest BCUT2D eigenvalue weighted by Gasteiger charge is 2.43. The fourth-order valence-electron chi connectivity index (χ4n) is 2.02.